The number of benzene rings is 2. The standard InChI is InChI=1S/C28H39N3O3/c1-3-30(16-13-26(33)19-29-15-12-22-7-4-5-8-23(22)18-29)28(34)27-11-10-24(17-21(27)2)31-14-6-9-25(32)20-31/h4-5,7-8,10-11,17,25-26,32-33H,3,6,9,12-16,18-20H2,1-2H3/t25?,26-/m0/s1. The molecule has 2 aliphatic heterocycles. The quantitative estimate of drug-likeness (QED) is 0.627. The van der Waals surface area contributed by atoms with Crippen molar-refractivity contribution in [3.05, 3.63) is 64.7 Å². The second-order valence-corrected chi connectivity index (χ2v) is 9.82. The Morgan fingerprint density at radius 2 is 1.97 bits per heavy atom. The molecule has 0 radical (unpaired) electrons. The fourth-order valence-corrected chi connectivity index (χ4v) is 5.25. The molecule has 34 heavy (non-hydrogen) atoms. The highest BCUT2D eigenvalue weighted by Crippen LogP contribution is 2.24. The van der Waals surface area contributed by atoms with Crippen molar-refractivity contribution in [2.45, 2.75) is 58.3 Å². The maximum absolute atomic E-state index is 13.3. The van der Waals surface area contributed by atoms with Crippen LogP contribution in [0.5, 0.6) is 0 Å². The number of carbonyl (C=O) groups excluding carboxylic acids is 1. The Labute approximate surface area is 203 Å². The fourth-order valence-electron chi connectivity index (χ4n) is 5.25. The van der Waals surface area contributed by atoms with Crippen LogP contribution in [-0.2, 0) is 13.0 Å². The Bertz CT molecular complexity index is 979. The SMILES string of the molecule is CCN(CC[C@H](O)CN1CCc2ccccc2C1)C(=O)c1ccc(N2CCCC(O)C2)cc1C. The summed E-state index contributed by atoms with van der Waals surface area (Å²) in [5.74, 6) is 0.0179. The largest absolute Gasteiger partial charge is 0.392 e. The van der Waals surface area contributed by atoms with E-state index in [1.807, 2.05) is 30.9 Å². The molecule has 2 heterocycles. The van der Waals surface area contributed by atoms with Gasteiger partial charge in [0.2, 0.25) is 0 Å². The van der Waals surface area contributed by atoms with Crippen molar-refractivity contribution < 1.29 is 15.0 Å². The van der Waals surface area contributed by atoms with Crippen molar-refractivity contribution in [1.29, 1.82) is 0 Å². The number of hydrogen-bond acceptors (Lipinski definition) is 5. The number of hydrogen-bond donors (Lipinski definition) is 2. The van der Waals surface area contributed by atoms with Gasteiger partial charge in [0.25, 0.3) is 5.91 Å². The third-order valence-electron chi connectivity index (χ3n) is 7.28. The summed E-state index contributed by atoms with van der Waals surface area (Å²) in [6, 6.07) is 14.5. The van der Waals surface area contributed by atoms with Gasteiger partial charge in [0, 0.05) is 57.1 Å². The molecule has 184 valence electrons. The molecule has 2 aliphatic rings. The second-order valence-electron chi connectivity index (χ2n) is 9.82. The van der Waals surface area contributed by atoms with Crippen LogP contribution in [0.25, 0.3) is 0 Å². The van der Waals surface area contributed by atoms with Crippen molar-refractivity contribution in [3.63, 3.8) is 0 Å². The van der Waals surface area contributed by atoms with E-state index in [9.17, 15) is 15.0 Å². The molecule has 1 amide bonds. The van der Waals surface area contributed by atoms with Crippen LogP contribution in [0, 0.1) is 6.92 Å². The average Bonchev–Trinajstić information content (AvgIpc) is 2.84. The molecule has 0 saturated carbocycles. The number of β-amino-alcohol motifs (C(OH)–C–C–N with tert-alkyl or cyclic N) is 2. The summed E-state index contributed by atoms with van der Waals surface area (Å²) in [5, 5.41) is 20.7. The number of aliphatic hydroxyl groups is 2. The van der Waals surface area contributed by atoms with Gasteiger partial charge in [-0.25, -0.2) is 0 Å². The Hall–Kier alpha value is -2.41. The van der Waals surface area contributed by atoms with E-state index >= 15 is 0 Å². The van der Waals surface area contributed by atoms with E-state index < -0.39 is 6.10 Å². The highest BCUT2D eigenvalue weighted by molar-refractivity contribution is 5.96. The lowest BCUT2D eigenvalue weighted by Gasteiger charge is -2.32. The van der Waals surface area contributed by atoms with E-state index in [2.05, 4.69) is 40.1 Å². The number of piperidine rings is 1. The highest BCUT2D eigenvalue weighted by atomic mass is 16.3. The van der Waals surface area contributed by atoms with Crippen molar-refractivity contribution in [3.8, 4) is 0 Å². The lowest BCUT2D eigenvalue weighted by Crippen LogP contribution is -2.39. The van der Waals surface area contributed by atoms with Crippen LogP contribution in [0.4, 0.5) is 5.69 Å². The van der Waals surface area contributed by atoms with Gasteiger partial charge < -0.3 is 20.0 Å². The molecule has 1 fully saturated rings. The maximum atomic E-state index is 13.3. The highest BCUT2D eigenvalue weighted by Gasteiger charge is 2.22. The zero-order valence-electron chi connectivity index (χ0n) is 20.6. The summed E-state index contributed by atoms with van der Waals surface area (Å²) in [4.78, 5) is 19.6. The lowest BCUT2D eigenvalue weighted by atomic mass is 9.99. The summed E-state index contributed by atoms with van der Waals surface area (Å²) < 4.78 is 0. The molecular formula is C28H39N3O3. The van der Waals surface area contributed by atoms with Crippen molar-refractivity contribution >= 4 is 11.6 Å². The normalized spacial score (nSPS) is 19.5. The average molecular weight is 466 g/mol. The number of rotatable bonds is 8. The molecular weight excluding hydrogens is 426 g/mol. The molecule has 6 nitrogen and oxygen atoms in total. The number of nitrogens with zero attached hydrogens (tertiary/aromatic N) is 3. The molecule has 1 saturated heterocycles. The first-order valence-corrected chi connectivity index (χ1v) is 12.7. The van der Waals surface area contributed by atoms with E-state index in [1.165, 1.54) is 11.1 Å². The summed E-state index contributed by atoms with van der Waals surface area (Å²) in [7, 11) is 0. The monoisotopic (exact) mass is 465 g/mol. The molecule has 4 rings (SSSR count). The topological polar surface area (TPSA) is 67.2 Å². The van der Waals surface area contributed by atoms with Crippen LogP contribution in [0.15, 0.2) is 42.5 Å². The summed E-state index contributed by atoms with van der Waals surface area (Å²) in [6.07, 6.45) is 2.69. The molecule has 2 N–H and O–H groups in total. The molecule has 0 aliphatic carbocycles. The van der Waals surface area contributed by atoms with Crippen LogP contribution in [-0.4, -0.2) is 77.4 Å². The van der Waals surface area contributed by atoms with E-state index in [-0.39, 0.29) is 12.0 Å². The number of amides is 1. The van der Waals surface area contributed by atoms with Gasteiger partial charge in [0.05, 0.1) is 12.2 Å². The predicted octanol–water partition coefficient (Wildman–Crippen LogP) is 3.23. The molecule has 0 spiro atoms. The number of fused-ring (bicyclic) bond motifs is 1. The fraction of sp³-hybridized carbons (Fsp3) is 0.536. The van der Waals surface area contributed by atoms with Crippen LogP contribution in [0.1, 0.15) is 53.2 Å². The van der Waals surface area contributed by atoms with Crippen LogP contribution in [0.2, 0.25) is 0 Å². The molecule has 1 unspecified atom stereocenters. The molecule has 2 aromatic rings. The molecule has 0 aromatic heterocycles. The minimum atomic E-state index is -0.457. The summed E-state index contributed by atoms with van der Waals surface area (Å²) >= 11 is 0. The van der Waals surface area contributed by atoms with Crippen molar-refractivity contribution in [1.82, 2.24) is 9.80 Å². The van der Waals surface area contributed by atoms with Crippen molar-refractivity contribution in [2.75, 3.05) is 44.2 Å². The first-order chi connectivity index (χ1) is 16.4. The smallest absolute Gasteiger partial charge is 0.254 e. The maximum Gasteiger partial charge on any atom is 0.254 e. The Morgan fingerprint density at radius 3 is 2.71 bits per heavy atom. The molecule has 2 atom stereocenters. The summed E-state index contributed by atoms with van der Waals surface area (Å²) in [6.45, 7) is 9.18. The van der Waals surface area contributed by atoms with Gasteiger partial charge in [-0.3, -0.25) is 9.69 Å². The minimum Gasteiger partial charge on any atom is -0.392 e. The van der Waals surface area contributed by atoms with Gasteiger partial charge in [-0.15, -0.1) is 0 Å². The van der Waals surface area contributed by atoms with E-state index in [1.54, 1.807) is 0 Å². The molecule has 2 aromatic carbocycles. The van der Waals surface area contributed by atoms with Crippen LogP contribution in [0.3, 0.4) is 0 Å². The number of carbonyl (C=O) groups is 1. The Balaban J connectivity index is 1.31. The third kappa shape index (κ3) is 5.98. The first kappa shape index (κ1) is 24.7. The number of aryl methyl sites for hydroxylation is 1. The molecule has 0 bridgehead atoms. The molecule has 6 heteroatoms. The van der Waals surface area contributed by atoms with Crippen LogP contribution < -0.4 is 4.90 Å². The number of anilines is 1. The first-order valence-electron chi connectivity index (χ1n) is 12.7. The zero-order valence-corrected chi connectivity index (χ0v) is 20.6. The van der Waals surface area contributed by atoms with Gasteiger partial charge in [-0.05, 0) is 74.4 Å². The third-order valence-corrected chi connectivity index (χ3v) is 7.28. The van der Waals surface area contributed by atoms with Gasteiger partial charge in [-0.2, -0.15) is 0 Å². The summed E-state index contributed by atoms with van der Waals surface area (Å²) in [5.41, 5.74) is 5.49. The van der Waals surface area contributed by atoms with Gasteiger partial charge in [0.1, 0.15) is 0 Å². The Morgan fingerprint density at radius 1 is 1.18 bits per heavy atom. The van der Waals surface area contributed by atoms with E-state index in [0.29, 0.717) is 38.2 Å². The second kappa shape index (κ2) is 11.3. The van der Waals surface area contributed by atoms with E-state index in [4.69, 9.17) is 0 Å². The Kier molecular flexibility index (Phi) is 8.24. The minimum absolute atomic E-state index is 0.0179. The predicted molar refractivity (Wildman–Crippen MR) is 136 cm³/mol. The van der Waals surface area contributed by atoms with Gasteiger partial charge in [-0.1, -0.05) is 24.3 Å². The zero-order chi connectivity index (χ0) is 24.1. The van der Waals surface area contributed by atoms with Crippen molar-refractivity contribution in [2.24, 2.45) is 0 Å². The van der Waals surface area contributed by atoms with Gasteiger partial charge >= 0.3 is 0 Å². The van der Waals surface area contributed by atoms with Crippen LogP contribution >= 0.6 is 0 Å². The number of aliphatic hydroxyl groups excluding tert-OH is 2. The lowest BCUT2D eigenvalue weighted by molar-refractivity contribution is 0.0668. The van der Waals surface area contributed by atoms with Gasteiger partial charge in [0.15, 0.2) is 0 Å². The van der Waals surface area contributed by atoms with E-state index in [0.717, 1.165) is 50.1 Å².